The van der Waals surface area contributed by atoms with Gasteiger partial charge in [0.2, 0.25) is 0 Å². The number of aromatic nitrogens is 2. The molecule has 1 aromatic heterocycles. The highest BCUT2D eigenvalue weighted by Crippen LogP contribution is 2.28. The van der Waals surface area contributed by atoms with E-state index in [-0.39, 0.29) is 23.2 Å². The second kappa shape index (κ2) is 5.90. The Bertz CT molecular complexity index is 583. The van der Waals surface area contributed by atoms with Crippen LogP contribution in [-0.4, -0.2) is 58.3 Å². The van der Waals surface area contributed by atoms with Crippen molar-refractivity contribution in [3.05, 3.63) is 11.8 Å². The Morgan fingerprint density at radius 1 is 1.55 bits per heavy atom. The molecule has 1 aliphatic rings. The van der Waals surface area contributed by atoms with E-state index in [1.807, 2.05) is 0 Å². The van der Waals surface area contributed by atoms with Gasteiger partial charge in [-0.15, -0.1) is 0 Å². The SMILES string of the molecule is O=C(O)c1cn[nH]c1S(=O)(=O)N1CCCC1CCCO. The number of nitrogens with one attached hydrogen (secondary N) is 1. The molecule has 2 heterocycles. The Kier molecular flexibility index (Phi) is 4.41. The van der Waals surface area contributed by atoms with Crippen LogP contribution in [0.1, 0.15) is 36.0 Å². The number of carbonyl (C=O) groups is 1. The summed E-state index contributed by atoms with van der Waals surface area (Å²) >= 11 is 0. The molecule has 1 aliphatic heterocycles. The number of aliphatic hydroxyl groups is 1. The number of hydrogen-bond donors (Lipinski definition) is 3. The second-order valence-corrected chi connectivity index (χ2v) is 6.52. The van der Waals surface area contributed by atoms with Gasteiger partial charge in [0.15, 0.2) is 5.03 Å². The number of sulfonamides is 1. The van der Waals surface area contributed by atoms with Gasteiger partial charge in [0.1, 0.15) is 5.56 Å². The van der Waals surface area contributed by atoms with Crippen molar-refractivity contribution in [1.82, 2.24) is 14.5 Å². The first kappa shape index (κ1) is 14.9. The molecule has 9 heteroatoms. The molecule has 2 rings (SSSR count). The Morgan fingerprint density at radius 2 is 2.30 bits per heavy atom. The summed E-state index contributed by atoms with van der Waals surface area (Å²) in [5.41, 5.74) is -0.349. The van der Waals surface area contributed by atoms with Crippen LogP contribution in [0.3, 0.4) is 0 Å². The van der Waals surface area contributed by atoms with Crippen molar-refractivity contribution in [2.45, 2.75) is 36.8 Å². The highest BCUT2D eigenvalue weighted by Gasteiger charge is 2.38. The molecule has 0 radical (unpaired) electrons. The molecule has 112 valence electrons. The van der Waals surface area contributed by atoms with Gasteiger partial charge in [0.05, 0.1) is 6.20 Å². The van der Waals surface area contributed by atoms with Crippen LogP contribution in [0.5, 0.6) is 0 Å². The van der Waals surface area contributed by atoms with E-state index in [4.69, 9.17) is 10.2 Å². The number of rotatable bonds is 6. The van der Waals surface area contributed by atoms with Crippen molar-refractivity contribution in [3.8, 4) is 0 Å². The first-order valence-corrected chi connectivity index (χ1v) is 7.82. The van der Waals surface area contributed by atoms with E-state index in [0.717, 1.165) is 19.0 Å². The summed E-state index contributed by atoms with van der Waals surface area (Å²) in [4.78, 5) is 11.0. The monoisotopic (exact) mass is 303 g/mol. The molecule has 1 saturated heterocycles. The summed E-state index contributed by atoms with van der Waals surface area (Å²) < 4.78 is 26.4. The normalized spacial score (nSPS) is 20.4. The van der Waals surface area contributed by atoms with Crippen molar-refractivity contribution in [2.24, 2.45) is 0 Å². The average molecular weight is 303 g/mol. The van der Waals surface area contributed by atoms with Gasteiger partial charge < -0.3 is 10.2 Å². The van der Waals surface area contributed by atoms with Crippen molar-refractivity contribution >= 4 is 16.0 Å². The fourth-order valence-electron chi connectivity index (χ4n) is 2.48. The Hall–Kier alpha value is -1.45. The van der Waals surface area contributed by atoms with E-state index in [9.17, 15) is 13.2 Å². The zero-order valence-electron chi connectivity index (χ0n) is 10.8. The highest BCUT2D eigenvalue weighted by atomic mass is 32.2. The Morgan fingerprint density at radius 3 is 2.95 bits per heavy atom. The molecule has 8 nitrogen and oxygen atoms in total. The molecule has 1 aromatic rings. The van der Waals surface area contributed by atoms with Crippen molar-refractivity contribution in [2.75, 3.05) is 13.2 Å². The minimum Gasteiger partial charge on any atom is -0.478 e. The standard InChI is InChI=1S/C11H17N3O5S/c15-6-2-4-8-3-1-5-14(8)20(18,19)10-9(11(16)17)7-12-13-10/h7-8,15H,1-6H2,(H,12,13)(H,16,17). The summed E-state index contributed by atoms with van der Waals surface area (Å²) in [6.07, 6.45) is 3.52. The molecular weight excluding hydrogens is 286 g/mol. The maximum Gasteiger partial charge on any atom is 0.340 e. The first-order chi connectivity index (χ1) is 9.48. The minimum atomic E-state index is -3.90. The number of H-pyrrole nitrogens is 1. The number of carboxylic acid groups (broad SMARTS) is 1. The molecule has 0 aliphatic carbocycles. The van der Waals surface area contributed by atoms with Gasteiger partial charge in [0, 0.05) is 19.2 Å². The molecule has 20 heavy (non-hydrogen) atoms. The van der Waals surface area contributed by atoms with E-state index in [1.54, 1.807) is 0 Å². The molecular formula is C11H17N3O5S. The molecule has 0 amide bonds. The third-order valence-electron chi connectivity index (χ3n) is 3.42. The largest absolute Gasteiger partial charge is 0.478 e. The van der Waals surface area contributed by atoms with Crippen LogP contribution in [0.15, 0.2) is 11.2 Å². The van der Waals surface area contributed by atoms with Crippen LogP contribution < -0.4 is 0 Å². The molecule has 1 atom stereocenters. The average Bonchev–Trinajstić information content (AvgIpc) is 3.05. The summed E-state index contributed by atoms with van der Waals surface area (Å²) in [5.74, 6) is -1.33. The van der Waals surface area contributed by atoms with E-state index < -0.39 is 16.0 Å². The fourth-order valence-corrected chi connectivity index (χ4v) is 4.27. The lowest BCUT2D eigenvalue weighted by Gasteiger charge is -2.23. The molecule has 0 spiro atoms. The van der Waals surface area contributed by atoms with Crippen LogP contribution in [0.25, 0.3) is 0 Å². The highest BCUT2D eigenvalue weighted by molar-refractivity contribution is 7.89. The third-order valence-corrected chi connectivity index (χ3v) is 5.35. The fraction of sp³-hybridized carbons (Fsp3) is 0.636. The lowest BCUT2D eigenvalue weighted by Crippen LogP contribution is -2.36. The topological polar surface area (TPSA) is 124 Å². The number of carboxylic acids is 1. The maximum absolute atomic E-state index is 12.5. The van der Waals surface area contributed by atoms with Crippen LogP contribution >= 0.6 is 0 Å². The van der Waals surface area contributed by atoms with E-state index >= 15 is 0 Å². The number of nitrogens with zero attached hydrogens (tertiary/aromatic N) is 2. The van der Waals surface area contributed by atoms with E-state index in [0.29, 0.717) is 19.4 Å². The first-order valence-electron chi connectivity index (χ1n) is 6.38. The smallest absolute Gasteiger partial charge is 0.340 e. The molecule has 1 unspecified atom stereocenters. The van der Waals surface area contributed by atoms with E-state index in [2.05, 4.69) is 10.2 Å². The summed E-state index contributed by atoms with van der Waals surface area (Å²) in [6.45, 7) is 0.366. The third kappa shape index (κ3) is 2.69. The van der Waals surface area contributed by atoms with Crippen LogP contribution in [-0.2, 0) is 10.0 Å². The lowest BCUT2D eigenvalue weighted by molar-refractivity contribution is 0.0692. The van der Waals surface area contributed by atoms with Gasteiger partial charge in [-0.05, 0) is 25.7 Å². The summed E-state index contributed by atoms with van der Waals surface area (Å²) in [6, 6.07) is -0.197. The van der Waals surface area contributed by atoms with Crippen molar-refractivity contribution in [1.29, 1.82) is 0 Å². The zero-order chi connectivity index (χ0) is 14.8. The quantitative estimate of drug-likeness (QED) is 0.681. The maximum atomic E-state index is 12.5. The van der Waals surface area contributed by atoms with E-state index in [1.165, 1.54) is 4.31 Å². The van der Waals surface area contributed by atoms with Crippen molar-refractivity contribution in [3.63, 3.8) is 0 Å². The predicted octanol–water partition coefficient (Wildman–Crippen LogP) is 0.0335. The molecule has 0 bridgehead atoms. The molecule has 3 N–H and O–H groups in total. The van der Waals surface area contributed by atoms with Crippen LogP contribution in [0, 0.1) is 0 Å². The number of aliphatic hydroxyl groups excluding tert-OH is 1. The van der Waals surface area contributed by atoms with Gasteiger partial charge in [-0.1, -0.05) is 0 Å². The van der Waals surface area contributed by atoms with Gasteiger partial charge in [-0.2, -0.15) is 9.40 Å². The van der Waals surface area contributed by atoms with Gasteiger partial charge in [-0.3, -0.25) is 5.10 Å². The van der Waals surface area contributed by atoms with Crippen molar-refractivity contribution < 1.29 is 23.4 Å². The van der Waals surface area contributed by atoms with Gasteiger partial charge >= 0.3 is 5.97 Å². The number of hydrogen-bond acceptors (Lipinski definition) is 5. The summed E-state index contributed by atoms with van der Waals surface area (Å²) in [5, 5.41) is 23.3. The minimum absolute atomic E-state index is 0.00875. The van der Waals surface area contributed by atoms with Crippen LogP contribution in [0.4, 0.5) is 0 Å². The van der Waals surface area contributed by atoms with Gasteiger partial charge in [0.25, 0.3) is 10.0 Å². The molecule has 0 aromatic carbocycles. The predicted molar refractivity (Wildman–Crippen MR) is 68.8 cm³/mol. The Labute approximate surface area is 116 Å². The molecule has 1 fully saturated rings. The lowest BCUT2D eigenvalue weighted by atomic mass is 10.1. The number of aromatic carboxylic acids is 1. The van der Waals surface area contributed by atoms with Crippen LogP contribution in [0.2, 0.25) is 0 Å². The number of aromatic amines is 1. The zero-order valence-corrected chi connectivity index (χ0v) is 11.6. The molecule has 0 saturated carbocycles. The summed E-state index contributed by atoms with van der Waals surface area (Å²) in [7, 11) is -3.90. The van der Waals surface area contributed by atoms with Gasteiger partial charge in [-0.25, -0.2) is 13.2 Å². The Balaban J connectivity index is 2.29. The second-order valence-electron chi connectivity index (χ2n) is 4.70.